The van der Waals surface area contributed by atoms with E-state index in [0.717, 1.165) is 0 Å². The Morgan fingerprint density at radius 1 is 1.44 bits per heavy atom. The third-order valence-electron chi connectivity index (χ3n) is 1.76. The number of anilines is 1. The first-order chi connectivity index (χ1) is 7.58. The maximum absolute atomic E-state index is 11.7. The largest absolute Gasteiger partial charge is 0.495 e. The first kappa shape index (κ1) is 11.8. The summed E-state index contributed by atoms with van der Waals surface area (Å²) in [6.45, 7) is 0. The first-order valence-corrected chi connectivity index (χ1v) is 4.16. The van der Waals surface area contributed by atoms with Crippen LogP contribution in [0.1, 0.15) is 10.4 Å². The van der Waals surface area contributed by atoms with Crippen LogP contribution >= 0.6 is 0 Å². The molecule has 0 saturated carbocycles. The Balaban J connectivity index is 3.10. The number of benzene rings is 1. The first-order valence-electron chi connectivity index (χ1n) is 4.16. The molecule has 0 unspecified atom stereocenters. The molecule has 0 saturated heterocycles. The molecule has 1 rings (SSSR count). The number of hydrogen-bond donors (Lipinski definition) is 2. The Kier molecular flexibility index (Phi) is 3.65. The molecule has 0 bridgehead atoms. The van der Waals surface area contributed by atoms with E-state index in [1.165, 1.54) is 25.3 Å². The van der Waals surface area contributed by atoms with Crippen LogP contribution in [0.15, 0.2) is 18.2 Å². The van der Waals surface area contributed by atoms with Gasteiger partial charge in [-0.3, -0.25) is 0 Å². The van der Waals surface area contributed by atoms with Crippen LogP contribution in [0, 0.1) is 0 Å². The maximum Gasteiger partial charge on any atom is 0.379 e. The number of urea groups is 1. The average molecular weight is 228 g/mol. The lowest BCUT2D eigenvalue weighted by molar-refractivity contribution is -0.0787. The van der Waals surface area contributed by atoms with E-state index in [4.69, 9.17) is 10.5 Å². The van der Waals surface area contributed by atoms with Crippen molar-refractivity contribution in [1.82, 2.24) is 0 Å². The van der Waals surface area contributed by atoms with Crippen LogP contribution < -0.4 is 15.8 Å². The van der Waals surface area contributed by atoms with Crippen LogP contribution in [0.5, 0.6) is 5.75 Å². The van der Waals surface area contributed by atoms with Crippen molar-refractivity contribution >= 4 is 17.7 Å². The highest BCUT2D eigenvalue weighted by Gasteiger charge is 2.12. The number of ether oxygens (including phenoxy) is 1. The number of carbonyl (C=O) groups is 2. The third-order valence-corrected chi connectivity index (χ3v) is 1.76. The summed E-state index contributed by atoms with van der Waals surface area (Å²) >= 11 is 0. The van der Waals surface area contributed by atoms with Gasteiger partial charge in [0, 0.05) is 4.53 Å². The molecule has 0 aliphatic heterocycles. The molecule has 7 heteroatoms. The maximum atomic E-state index is 11.7. The normalized spacial score (nSPS) is 9.38. The van der Waals surface area contributed by atoms with Crippen molar-refractivity contribution in [2.24, 2.45) is 5.73 Å². The predicted molar refractivity (Wildman–Crippen MR) is 52.7 cm³/mol. The van der Waals surface area contributed by atoms with Gasteiger partial charge < -0.3 is 15.8 Å². The summed E-state index contributed by atoms with van der Waals surface area (Å²) in [5, 5.41) is 2.23. The van der Waals surface area contributed by atoms with E-state index in [1.54, 1.807) is 0 Å². The van der Waals surface area contributed by atoms with Gasteiger partial charge in [-0.2, -0.15) is 0 Å². The van der Waals surface area contributed by atoms with Gasteiger partial charge in [-0.15, -0.1) is 0 Å². The van der Waals surface area contributed by atoms with Crippen LogP contribution in [-0.4, -0.2) is 19.1 Å². The highest BCUT2D eigenvalue weighted by molar-refractivity contribution is 5.94. The number of carbonyl (C=O) groups excluding carboxylic acids is 2. The molecule has 0 aliphatic carbocycles. The monoisotopic (exact) mass is 228 g/mol. The molecule has 0 spiro atoms. The Morgan fingerprint density at radius 2 is 2.12 bits per heavy atom. The lowest BCUT2D eigenvalue weighted by Crippen LogP contribution is -2.20. The Bertz CT molecular complexity index is 422. The zero-order chi connectivity index (χ0) is 12.1. The lowest BCUT2D eigenvalue weighted by atomic mass is 10.2. The van der Waals surface area contributed by atoms with Gasteiger partial charge >= 0.3 is 12.0 Å². The number of primary amides is 1. The van der Waals surface area contributed by atoms with Gasteiger partial charge in [-0.1, -0.05) is 0 Å². The number of halogens is 1. The summed E-state index contributed by atoms with van der Waals surface area (Å²) in [6, 6.07) is 3.01. The molecule has 0 fully saturated rings. The summed E-state index contributed by atoms with van der Waals surface area (Å²) < 4.78 is 16.6. The fourth-order valence-electron chi connectivity index (χ4n) is 1.11. The molecule has 0 radical (unpaired) electrons. The molecule has 2 amide bonds. The van der Waals surface area contributed by atoms with Gasteiger partial charge in [0.1, 0.15) is 5.75 Å². The van der Waals surface area contributed by atoms with E-state index in [-0.39, 0.29) is 17.0 Å². The second-order valence-corrected chi connectivity index (χ2v) is 2.77. The lowest BCUT2D eigenvalue weighted by Gasteiger charge is -2.09. The zero-order valence-electron chi connectivity index (χ0n) is 8.32. The minimum Gasteiger partial charge on any atom is -0.495 e. The number of nitrogens with two attached hydrogens (primary N) is 1. The van der Waals surface area contributed by atoms with Gasteiger partial charge in [-0.05, 0) is 18.2 Å². The number of rotatable bonds is 3. The summed E-state index contributed by atoms with van der Waals surface area (Å²) in [5.74, 6) is -0.885. The van der Waals surface area contributed by atoms with Crippen LogP contribution in [0.4, 0.5) is 15.0 Å². The van der Waals surface area contributed by atoms with Crippen LogP contribution in [0.25, 0.3) is 0 Å². The van der Waals surface area contributed by atoms with Gasteiger partial charge in [-0.25, -0.2) is 14.5 Å². The Morgan fingerprint density at radius 3 is 2.62 bits per heavy atom. The van der Waals surface area contributed by atoms with Crippen molar-refractivity contribution in [2.45, 2.75) is 0 Å². The number of hydrogen-bond acceptors (Lipinski definition) is 4. The summed E-state index contributed by atoms with van der Waals surface area (Å²) in [5.41, 5.74) is 4.98. The molecule has 0 aliphatic rings. The van der Waals surface area contributed by atoms with Gasteiger partial charge in [0.25, 0.3) is 0 Å². The third kappa shape index (κ3) is 2.59. The van der Waals surface area contributed by atoms with Crippen LogP contribution in [-0.2, 0) is 4.94 Å². The number of methoxy groups -OCH3 is 1. The predicted octanol–water partition coefficient (Wildman–Crippen LogP) is 1.23. The van der Waals surface area contributed by atoms with Crippen molar-refractivity contribution in [1.29, 1.82) is 0 Å². The van der Waals surface area contributed by atoms with Gasteiger partial charge in [0.05, 0.1) is 18.4 Å². The molecule has 1 aromatic rings. The standard InChI is InChI=1S/C9H9FN2O4/c1-15-7-3-2-5(8(13)16-10)4-6(7)12-9(11)14/h2-4H,1H3,(H3,11,12,14). The van der Waals surface area contributed by atoms with E-state index >= 15 is 0 Å². The van der Waals surface area contributed by atoms with E-state index in [0.29, 0.717) is 0 Å². The summed E-state index contributed by atoms with van der Waals surface area (Å²) in [4.78, 5) is 24.6. The Labute approximate surface area is 90.0 Å². The number of amides is 2. The van der Waals surface area contributed by atoms with Crippen LogP contribution in [0.3, 0.4) is 0 Å². The van der Waals surface area contributed by atoms with Gasteiger partial charge in [0.2, 0.25) is 0 Å². The minimum atomic E-state index is -1.17. The van der Waals surface area contributed by atoms with Crippen molar-refractivity contribution in [2.75, 3.05) is 12.4 Å². The van der Waals surface area contributed by atoms with E-state index in [2.05, 4.69) is 10.3 Å². The zero-order valence-corrected chi connectivity index (χ0v) is 8.32. The van der Waals surface area contributed by atoms with Crippen molar-refractivity contribution in [3.63, 3.8) is 0 Å². The Hall–Kier alpha value is -2.31. The second-order valence-electron chi connectivity index (χ2n) is 2.77. The molecule has 0 atom stereocenters. The molecule has 3 N–H and O–H groups in total. The fourth-order valence-corrected chi connectivity index (χ4v) is 1.11. The molecular weight excluding hydrogens is 219 g/mol. The summed E-state index contributed by atoms with van der Waals surface area (Å²) in [6.07, 6.45) is 0. The van der Waals surface area contributed by atoms with Gasteiger partial charge in [0.15, 0.2) is 0 Å². The molecule has 16 heavy (non-hydrogen) atoms. The second kappa shape index (κ2) is 4.96. The molecule has 0 aromatic heterocycles. The highest BCUT2D eigenvalue weighted by Crippen LogP contribution is 2.25. The molecule has 6 nitrogen and oxygen atoms in total. The SMILES string of the molecule is COc1ccc(C(=O)OF)cc1NC(N)=O. The fraction of sp³-hybridized carbons (Fsp3) is 0.111. The molecular formula is C9H9FN2O4. The van der Waals surface area contributed by atoms with Crippen molar-refractivity contribution in [3.8, 4) is 5.75 Å². The molecule has 0 heterocycles. The molecule has 86 valence electrons. The van der Waals surface area contributed by atoms with E-state index < -0.39 is 12.0 Å². The van der Waals surface area contributed by atoms with E-state index in [1.807, 2.05) is 0 Å². The quantitative estimate of drug-likeness (QED) is 0.813. The molecule has 1 aromatic carbocycles. The summed E-state index contributed by atoms with van der Waals surface area (Å²) in [7, 11) is 1.37. The highest BCUT2D eigenvalue weighted by atomic mass is 19.3. The van der Waals surface area contributed by atoms with E-state index in [9.17, 15) is 14.1 Å². The van der Waals surface area contributed by atoms with Crippen LogP contribution in [0.2, 0.25) is 0 Å². The van der Waals surface area contributed by atoms with Crippen molar-refractivity contribution < 1.29 is 23.8 Å². The minimum absolute atomic E-state index is 0.0768. The smallest absolute Gasteiger partial charge is 0.379 e. The number of nitrogens with one attached hydrogen (secondary N) is 1. The average Bonchev–Trinajstić information content (AvgIpc) is 2.27. The topological polar surface area (TPSA) is 90.7 Å². The van der Waals surface area contributed by atoms with Crippen molar-refractivity contribution in [3.05, 3.63) is 23.8 Å².